The molecule has 8 heteroatoms. The highest BCUT2D eigenvalue weighted by Gasteiger charge is 2.16. The summed E-state index contributed by atoms with van der Waals surface area (Å²) in [5, 5.41) is 10.4. The number of hydrogen-bond acceptors (Lipinski definition) is 7. The van der Waals surface area contributed by atoms with E-state index in [4.69, 9.17) is 13.5 Å². The van der Waals surface area contributed by atoms with E-state index in [1.807, 2.05) is 6.07 Å². The molecule has 0 aliphatic carbocycles. The second kappa shape index (κ2) is 6.44. The highest BCUT2D eigenvalue weighted by molar-refractivity contribution is 5.93. The smallest absolute Gasteiger partial charge is 0.280 e. The zero-order valence-corrected chi connectivity index (χ0v) is 12.9. The van der Waals surface area contributed by atoms with E-state index in [1.54, 1.807) is 42.5 Å². The number of rotatable bonds is 5. The van der Waals surface area contributed by atoms with Crippen LogP contribution in [-0.4, -0.2) is 21.2 Å². The van der Waals surface area contributed by atoms with Gasteiger partial charge in [0.15, 0.2) is 17.3 Å². The van der Waals surface area contributed by atoms with Crippen molar-refractivity contribution in [1.82, 2.24) is 20.6 Å². The predicted octanol–water partition coefficient (Wildman–Crippen LogP) is 2.91. The van der Waals surface area contributed by atoms with Crippen LogP contribution in [0, 0.1) is 0 Å². The summed E-state index contributed by atoms with van der Waals surface area (Å²) in [6.07, 6.45) is 1.54. The molecular formula is C17H12N4O4. The SMILES string of the molecule is O=C(NCc1noc(-c2cc(-c3ccco3)on2)n1)c1ccccc1. The Labute approximate surface area is 141 Å². The summed E-state index contributed by atoms with van der Waals surface area (Å²) < 4.78 is 15.6. The van der Waals surface area contributed by atoms with Gasteiger partial charge in [-0.15, -0.1) is 0 Å². The largest absolute Gasteiger partial charge is 0.461 e. The number of carbonyl (C=O) groups excluding carboxylic acids is 1. The number of benzene rings is 1. The molecule has 3 aromatic heterocycles. The van der Waals surface area contributed by atoms with Gasteiger partial charge in [0.2, 0.25) is 5.76 Å². The molecule has 4 aromatic rings. The van der Waals surface area contributed by atoms with Crippen LogP contribution in [0.3, 0.4) is 0 Å². The van der Waals surface area contributed by atoms with E-state index in [9.17, 15) is 4.79 Å². The summed E-state index contributed by atoms with van der Waals surface area (Å²) in [4.78, 5) is 16.2. The maximum atomic E-state index is 12.0. The fourth-order valence-corrected chi connectivity index (χ4v) is 2.19. The molecular weight excluding hydrogens is 324 g/mol. The van der Waals surface area contributed by atoms with Crippen LogP contribution in [0.4, 0.5) is 0 Å². The van der Waals surface area contributed by atoms with Crippen molar-refractivity contribution >= 4 is 5.91 Å². The van der Waals surface area contributed by atoms with Gasteiger partial charge in [0.05, 0.1) is 12.8 Å². The van der Waals surface area contributed by atoms with Crippen LogP contribution in [0.1, 0.15) is 16.2 Å². The van der Waals surface area contributed by atoms with Gasteiger partial charge in [-0.25, -0.2) is 0 Å². The molecule has 1 amide bonds. The topological polar surface area (TPSA) is 107 Å². The van der Waals surface area contributed by atoms with Crippen LogP contribution in [0.5, 0.6) is 0 Å². The van der Waals surface area contributed by atoms with Crippen LogP contribution in [-0.2, 0) is 6.54 Å². The third-order valence-electron chi connectivity index (χ3n) is 3.40. The van der Waals surface area contributed by atoms with E-state index in [1.165, 1.54) is 6.26 Å². The van der Waals surface area contributed by atoms with Crippen molar-refractivity contribution in [2.24, 2.45) is 0 Å². The van der Waals surface area contributed by atoms with Gasteiger partial charge in [-0.1, -0.05) is 28.5 Å². The van der Waals surface area contributed by atoms with Gasteiger partial charge in [-0.3, -0.25) is 4.79 Å². The molecule has 4 rings (SSSR count). The van der Waals surface area contributed by atoms with Crippen LogP contribution >= 0.6 is 0 Å². The average Bonchev–Trinajstić information content (AvgIpc) is 3.40. The molecule has 0 spiro atoms. The first-order valence-electron chi connectivity index (χ1n) is 7.46. The summed E-state index contributed by atoms with van der Waals surface area (Å²) in [5.74, 6) is 1.33. The fourth-order valence-electron chi connectivity index (χ4n) is 2.19. The van der Waals surface area contributed by atoms with Crippen molar-refractivity contribution in [3.63, 3.8) is 0 Å². The Morgan fingerprint density at radius 2 is 1.88 bits per heavy atom. The molecule has 1 aromatic carbocycles. The zero-order valence-electron chi connectivity index (χ0n) is 12.9. The molecule has 0 bridgehead atoms. The van der Waals surface area contributed by atoms with Crippen LogP contribution in [0.25, 0.3) is 23.1 Å². The van der Waals surface area contributed by atoms with E-state index in [0.29, 0.717) is 28.6 Å². The lowest BCUT2D eigenvalue weighted by Crippen LogP contribution is -2.23. The van der Waals surface area contributed by atoms with Gasteiger partial charge < -0.3 is 18.8 Å². The molecule has 8 nitrogen and oxygen atoms in total. The summed E-state index contributed by atoms with van der Waals surface area (Å²) in [6.45, 7) is 0.139. The standard InChI is InChI=1S/C17H12N4O4/c22-16(11-5-2-1-3-6-11)18-10-15-19-17(25-21-15)12-9-14(24-20-12)13-7-4-8-23-13/h1-9H,10H2,(H,18,22). The number of hydrogen-bond donors (Lipinski definition) is 1. The molecule has 3 heterocycles. The molecule has 25 heavy (non-hydrogen) atoms. The first kappa shape index (κ1) is 14.9. The second-order valence-electron chi connectivity index (χ2n) is 5.12. The highest BCUT2D eigenvalue weighted by Crippen LogP contribution is 2.25. The lowest BCUT2D eigenvalue weighted by molar-refractivity contribution is 0.0949. The molecule has 124 valence electrons. The minimum absolute atomic E-state index is 0.139. The van der Waals surface area contributed by atoms with E-state index in [2.05, 4.69) is 20.6 Å². The van der Waals surface area contributed by atoms with Crippen molar-refractivity contribution in [3.05, 3.63) is 66.2 Å². The van der Waals surface area contributed by atoms with Crippen LogP contribution < -0.4 is 5.32 Å². The Kier molecular flexibility index (Phi) is 3.83. The van der Waals surface area contributed by atoms with Crippen molar-refractivity contribution in [2.75, 3.05) is 0 Å². The number of nitrogens with one attached hydrogen (secondary N) is 1. The minimum Gasteiger partial charge on any atom is -0.461 e. The molecule has 0 saturated heterocycles. The van der Waals surface area contributed by atoms with Crippen molar-refractivity contribution in [1.29, 1.82) is 0 Å². The van der Waals surface area contributed by atoms with E-state index < -0.39 is 0 Å². The Morgan fingerprint density at radius 3 is 2.68 bits per heavy atom. The van der Waals surface area contributed by atoms with Gasteiger partial charge in [0.1, 0.15) is 0 Å². The molecule has 0 aliphatic heterocycles. The summed E-state index contributed by atoms with van der Waals surface area (Å²) >= 11 is 0. The number of nitrogens with zero attached hydrogens (tertiary/aromatic N) is 3. The summed E-state index contributed by atoms with van der Waals surface area (Å²) in [6, 6.07) is 14.0. The minimum atomic E-state index is -0.214. The zero-order chi connectivity index (χ0) is 17.1. The maximum absolute atomic E-state index is 12.0. The lowest BCUT2D eigenvalue weighted by Gasteiger charge is -2.01. The molecule has 0 fully saturated rings. The third-order valence-corrected chi connectivity index (χ3v) is 3.40. The molecule has 0 radical (unpaired) electrons. The van der Waals surface area contributed by atoms with Crippen LogP contribution in [0.15, 0.2) is 68.3 Å². The Bertz CT molecular complexity index is 973. The average molecular weight is 336 g/mol. The molecule has 1 N–H and O–H groups in total. The van der Waals surface area contributed by atoms with E-state index in [-0.39, 0.29) is 18.3 Å². The van der Waals surface area contributed by atoms with Gasteiger partial charge in [-0.2, -0.15) is 4.98 Å². The number of amides is 1. The number of aromatic nitrogens is 3. The van der Waals surface area contributed by atoms with Gasteiger partial charge in [0, 0.05) is 11.6 Å². The first-order valence-corrected chi connectivity index (χ1v) is 7.46. The van der Waals surface area contributed by atoms with Crippen LogP contribution in [0.2, 0.25) is 0 Å². The van der Waals surface area contributed by atoms with Crippen molar-refractivity contribution < 1.29 is 18.3 Å². The Hall–Kier alpha value is -3.68. The highest BCUT2D eigenvalue weighted by atomic mass is 16.5. The lowest BCUT2D eigenvalue weighted by atomic mass is 10.2. The molecule has 0 saturated carbocycles. The first-order chi connectivity index (χ1) is 12.3. The monoisotopic (exact) mass is 336 g/mol. The second-order valence-corrected chi connectivity index (χ2v) is 5.12. The van der Waals surface area contributed by atoms with Gasteiger partial charge in [0.25, 0.3) is 11.8 Å². The van der Waals surface area contributed by atoms with Gasteiger partial charge in [-0.05, 0) is 24.3 Å². The fraction of sp³-hybridized carbons (Fsp3) is 0.0588. The quantitative estimate of drug-likeness (QED) is 0.597. The van der Waals surface area contributed by atoms with Crippen molar-refractivity contribution in [3.8, 4) is 23.1 Å². The molecule has 0 aliphatic rings. The summed E-state index contributed by atoms with van der Waals surface area (Å²) in [5.41, 5.74) is 0.949. The third kappa shape index (κ3) is 3.18. The molecule has 0 atom stereocenters. The number of carbonyl (C=O) groups is 1. The van der Waals surface area contributed by atoms with Gasteiger partial charge >= 0.3 is 0 Å². The number of furan rings is 1. The molecule has 0 unspecified atom stereocenters. The summed E-state index contributed by atoms with van der Waals surface area (Å²) in [7, 11) is 0. The Balaban J connectivity index is 1.43. The predicted molar refractivity (Wildman–Crippen MR) is 85.1 cm³/mol. The van der Waals surface area contributed by atoms with Crippen molar-refractivity contribution in [2.45, 2.75) is 6.54 Å². The Morgan fingerprint density at radius 1 is 1.00 bits per heavy atom. The maximum Gasteiger partial charge on any atom is 0.280 e. The van der Waals surface area contributed by atoms with E-state index in [0.717, 1.165) is 0 Å². The van der Waals surface area contributed by atoms with E-state index >= 15 is 0 Å². The normalized spacial score (nSPS) is 10.7.